The van der Waals surface area contributed by atoms with Crippen LogP contribution in [0.25, 0.3) is 0 Å². The summed E-state index contributed by atoms with van der Waals surface area (Å²) in [7, 11) is -3.92. The molecule has 278 valence electrons. The van der Waals surface area contributed by atoms with Gasteiger partial charge in [-0.1, -0.05) is 37.1 Å². The molecule has 6 rings (SSSR count). The van der Waals surface area contributed by atoms with Gasteiger partial charge in [0.15, 0.2) is 0 Å². The van der Waals surface area contributed by atoms with Crippen LogP contribution in [0, 0.1) is 17.7 Å². The molecule has 13 nitrogen and oxygen atoms in total. The second kappa shape index (κ2) is 14.3. The predicted octanol–water partition coefficient (Wildman–Crippen LogP) is 2.99. The molecule has 1 aromatic rings. The molecule has 3 fully saturated rings. The second-order valence-corrected chi connectivity index (χ2v) is 17.4. The Bertz CT molecular complexity index is 1720. The Labute approximate surface area is 297 Å². The van der Waals surface area contributed by atoms with E-state index in [-0.39, 0.29) is 51.1 Å². The van der Waals surface area contributed by atoms with Crippen molar-refractivity contribution in [1.29, 1.82) is 0 Å². The number of nitrogens with zero attached hydrogens (tertiary/aromatic N) is 2. The summed E-state index contributed by atoms with van der Waals surface area (Å²) < 4.78 is 47.9. The molecule has 2 aliphatic carbocycles. The Kier molecular flexibility index (Phi) is 10.3. The fraction of sp³-hybridized carbons (Fsp3) is 0.639. The summed E-state index contributed by atoms with van der Waals surface area (Å²) in [5, 5.41) is 12.4. The summed E-state index contributed by atoms with van der Waals surface area (Å²) in [5.41, 5.74) is -1.78. The van der Waals surface area contributed by atoms with Crippen LogP contribution in [0.1, 0.15) is 95.6 Å². The SMILES string of the molecule is CC(C)(O)CC(=O)C[C@H]1CCCCC/C=C\[C@@H]2C[C@@]2(C(=O)NS(=O)(=O)C2CC2)NC(=O)[C@@H]2C[C@@H](OC(=O)N3Cc4cccc(F)c4C3)CN2C1=O. The van der Waals surface area contributed by atoms with Crippen molar-refractivity contribution in [3.05, 3.63) is 47.3 Å². The quantitative estimate of drug-likeness (QED) is 0.339. The van der Waals surface area contributed by atoms with Gasteiger partial charge in [-0.15, -0.1) is 0 Å². The van der Waals surface area contributed by atoms with Gasteiger partial charge in [0.1, 0.15) is 29.3 Å². The average Bonchev–Trinajstić information content (AvgIpc) is 3.93. The van der Waals surface area contributed by atoms with Crippen molar-refractivity contribution in [3.63, 3.8) is 0 Å². The highest BCUT2D eigenvalue weighted by Crippen LogP contribution is 2.46. The van der Waals surface area contributed by atoms with Gasteiger partial charge in [-0.05, 0) is 64.0 Å². The number of benzene rings is 1. The predicted molar refractivity (Wildman–Crippen MR) is 181 cm³/mol. The van der Waals surface area contributed by atoms with Crippen molar-refractivity contribution in [2.45, 2.75) is 126 Å². The highest BCUT2D eigenvalue weighted by Gasteiger charge is 2.62. The van der Waals surface area contributed by atoms with Gasteiger partial charge >= 0.3 is 6.09 Å². The lowest BCUT2D eigenvalue weighted by Crippen LogP contribution is -2.57. The van der Waals surface area contributed by atoms with E-state index in [4.69, 9.17) is 4.74 Å². The fourth-order valence-corrected chi connectivity index (χ4v) is 8.90. The Morgan fingerprint density at radius 3 is 2.59 bits per heavy atom. The molecule has 4 amide bonds. The van der Waals surface area contributed by atoms with Gasteiger partial charge in [0.05, 0.1) is 23.9 Å². The number of nitrogens with one attached hydrogen (secondary N) is 2. The number of ketones is 1. The van der Waals surface area contributed by atoms with E-state index in [0.717, 1.165) is 12.8 Å². The lowest BCUT2D eigenvalue weighted by atomic mass is 9.90. The number of Topliss-reactive ketones (excluding diaryl/α,β-unsaturated/α-hetero) is 1. The largest absolute Gasteiger partial charge is 0.444 e. The van der Waals surface area contributed by atoms with Gasteiger partial charge in [-0.3, -0.25) is 28.8 Å². The molecule has 0 aromatic heterocycles. The molecule has 3 aliphatic heterocycles. The molecule has 5 aliphatic rings. The molecule has 0 spiro atoms. The molecule has 0 unspecified atom stereocenters. The summed E-state index contributed by atoms with van der Waals surface area (Å²) in [6, 6.07) is 3.41. The van der Waals surface area contributed by atoms with Crippen molar-refractivity contribution >= 4 is 39.6 Å². The maximum absolute atomic E-state index is 14.4. The molecule has 0 radical (unpaired) electrons. The van der Waals surface area contributed by atoms with E-state index in [2.05, 4.69) is 10.0 Å². The van der Waals surface area contributed by atoms with Crippen LogP contribution in [0.4, 0.5) is 9.18 Å². The van der Waals surface area contributed by atoms with Crippen molar-refractivity contribution < 1.29 is 46.6 Å². The minimum atomic E-state index is -3.92. The second-order valence-electron chi connectivity index (χ2n) is 15.4. The van der Waals surface area contributed by atoms with Gasteiger partial charge in [0.2, 0.25) is 21.8 Å². The minimum Gasteiger partial charge on any atom is -0.444 e. The van der Waals surface area contributed by atoms with E-state index >= 15 is 0 Å². The fourth-order valence-electron chi connectivity index (χ4n) is 7.54. The standard InChI is InChI=1S/C36H47FN4O9S/c1-35(2,47)18-25(42)15-22-9-6-4-3-5-7-11-24-17-36(24,33(45)39-51(48,49)27-13-14-27)38-31(43)30-16-26(20-41(30)32(22)44)50-34(46)40-19-23-10-8-12-29(37)28(23)21-40/h7-8,10-12,22,24,26-27,30,47H,3-6,9,13-21H2,1-2H3,(H,38,43)(H,39,45)/b11-7-/t22-,24-,26-,30+,36-/m1/s1. The topological polar surface area (TPSA) is 179 Å². The first-order chi connectivity index (χ1) is 24.1. The van der Waals surface area contributed by atoms with Crippen molar-refractivity contribution in [3.8, 4) is 0 Å². The van der Waals surface area contributed by atoms with Crippen LogP contribution in [0.2, 0.25) is 0 Å². The normalized spacial score (nSPS) is 29.1. The molecule has 0 bridgehead atoms. The van der Waals surface area contributed by atoms with Crippen LogP contribution in [-0.2, 0) is 47.0 Å². The molecule has 1 saturated heterocycles. The third-order valence-electron chi connectivity index (χ3n) is 10.5. The molecule has 1 aromatic carbocycles. The lowest BCUT2D eigenvalue weighted by molar-refractivity contribution is -0.144. The zero-order valence-corrected chi connectivity index (χ0v) is 29.9. The van der Waals surface area contributed by atoms with Crippen LogP contribution in [0.5, 0.6) is 0 Å². The van der Waals surface area contributed by atoms with Crippen LogP contribution in [0.3, 0.4) is 0 Å². The van der Waals surface area contributed by atoms with E-state index in [1.165, 1.54) is 29.7 Å². The van der Waals surface area contributed by atoms with Crippen molar-refractivity contribution in [2.75, 3.05) is 6.54 Å². The molecular weight excluding hydrogens is 683 g/mol. The summed E-state index contributed by atoms with van der Waals surface area (Å²) in [5.74, 6) is -4.04. The van der Waals surface area contributed by atoms with Gasteiger partial charge in [-0.2, -0.15) is 0 Å². The molecule has 51 heavy (non-hydrogen) atoms. The number of hydrogen-bond acceptors (Lipinski definition) is 9. The monoisotopic (exact) mass is 730 g/mol. The smallest absolute Gasteiger partial charge is 0.410 e. The minimum absolute atomic E-state index is 0.00180. The molecule has 3 heterocycles. The van der Waals surface area contributed by atoms with Gasteiger partial charge < -0.3 is 20.1 Å². The van der Waals surface area contributed by atoms with Crippen LogP contribution < -0.4 is 10.0 Å². The Morgan fingerprint density at radius 1 is 1.12 bits per heavy atom. The highest BCUT2D eigenvalue weighted by atomic mass is 32.2. The maximum Gasteiger partial charge on any atom is 0.410 e. The first-order valence-electron chi connectivity index (χ1n) is 17.9. The van der Waals surface area contributed by atoms with Crippen molar-refractivity contribution in [1.82, 2.24) is 19.8 Å². The van der Waals surface area contributed by atoms with Gasteiger partial charge in [0.25, 0.3) is 5.91 Å². The number of rotatable bonds is 8. The summed E-state index contributed by atoms with van der Waals surface area (Å²) >= 11 is 0. The summed E-state index contributed by atoms with van der Waals surface area (Å²) in [6.45, 7) is 2.99. The number of fused-ring (bicyclic) bond motifs is 3. The average molecular weight is 731 g/mol. The first kappa shape index (κ1) is 36.9. The number of ether oxygens (including phenoxy) is 1. The van der Waals surface area contributed by atoms with E-state index < -0.39 is 80.0 Å². The van der Waals surface area contributed by atoms with Crippen LogP contribution in [-0.4, -0.2) is 88.0 Å². The van der Waals surface area contributed by atoms with Crippen LogP contribution >= 0.6 is 0 Å². The molecule has 5 atom stereocenters. The number of aliphatic hydroxyl groups is 1. The van der Waals surface area contributed by atoms with Gasteiger partial charge in [0, 0.05) is 43.2 Å². The number of hydrogen-bond donors (Lipinski definition) is 3. The maximum atomic E-state index is 14.4. The van der Waals surface area contributed by atoms with Crippen LogP contribution in [0.15, 0.2) is 30.4 Å². The number of halogens is 1. The number of amides is 4. The summed E-state index contributed by atoms with van der Waals surface area (Å²) in [4.78, 5) is 71.1. The van der Waals surface area contributed by atoms with E-state index in [1.807, 2.05) is 12.2 Å². The Hall–Kier alpha value is -3.85. The molecule has 2 saturated carbocycles. The Balaban J connectivity index is 1.25. The van der Waals surface area contributed by atoms with E-state index in [9.17, 15) is 41.9 Å². The highest BCUT2D eigenvalue weighted by molar-refractivity contribution is 7.91. The third kappa shape index (κ3) is 8.45. The molecular formula is C36H47FN4O9S. The van der Waals surface area contributed by atoms with Crippen molar-refractivity contribution in [2.24, 2.45) is 11.8 Å². The number of carbonyl (C=O) groups is 5. The first-order valence-corrected chi connectivity index (χ1v) is 19.4. The summed E-state index contributed by atoms with van der Waals surface area (Å²) in [6.07, 6.45) is 5.89. The zero-order valence-electron chi connectivity index (χ0n) is 29.1. The van der Waals surface area contributed by atoms with E-state index in [0.29, 0.717) is 43.2 Å². The zero-order chi connectivity index (χ0) is 36.7. The number of carbonyl (C=O) groups excluding carboxylic acids is 5. The van der Waals surface area contributed by atoms with Gasteiger partial charge in [-0.25, -0.2) is 17.6 Å². The van der Waals surface area contributed by atoms with E-state index in [1.54, 1.807) is 12.1 Å². The number of allylic oxidation sites excluding steroid dienone is 1. The molecule has 3 N–H and O–H groups in total. The molecule has 15 heteroatoms. The lowest BCUT2D eigenvalue weighted by Gasteiger charge is -2.29. The number of sulfonamides is 1. The third-order valence-corrected chi connectivity index (χ3v) is 12.3. The Morgan fingerprint density at radius 2 is 1.88 bits per heavy atom.